The summed E-state index contributed by atoms with van der Waals surface area (Å²) in [5, 5.41) is 19.8. The normalized spacial score (nSPS) is 17.0. The van der Waals surface area contributed by atoms with Gasteiger partial charge in [-0.2, -0.15) is 0 Å². The predicted molar refractivity (Wildman–Crippen MR) is 147 cm³/mol. The number of amides is 4. The predicted octanol–water partition coefficient (Wildman–Crippen LogP) is 1.29. The van der Waals surface area contributed by atoms with Gasteiger partial charge in [-0.1, -0.05) is 58.0 Å². The SMILES string of the molecule is CC(C)CC(NC(=O)C(NC(=O)OCc1ccccc1)C(C)C)C(=O)NC1Cc2nnc(s2)CCNC(=O)C1=O. The maximum atomic E-state index is 13.4. The molecule has 0 saturated heterocycles. The van der Waals surface area contributed by atoms with Crippen LogP contribution in [0.5, 0.6) is 0 Å². The van der Waals surface area contributed by atoms with Gasteiger partial charge in [0.1, 0.15) is 34.7 Å². The van der Waals surface area contributed by atoms with Gasteiger partial charge in [-0.05, 0) is 23.8 Å². The minimum atomic E-state index is -1.18. The Balaban J connectivity index is 1.68. The average molecular weight is 573 g/mol. The van der Waals surface area contributed by atoms with Crippen molar-refractivity contribution < 1.29 is 28.7 Å². The highest BCUT2D eigenvalue weighted by molar-refractivity contribution is 7.11. The number of nitrogens with zero attached hydrogens (tertiary/aromatic N) is 2. The Kier molecular flexibility index (Phi) is 11.1. The standard InChI is InChI=1S/C27H36N6O6S/c1-15(2)12-19(24(35)29-18-13-21-33-32-20(40-21)10-11-28-26(37)23(18)34)30-25(36)22(16(3)4)31-27(38)39-14-17-8-6-5-7-9-17/h5-9,15-16,18-19,22H,10-14H2,1-4H3,(H,28,37)(H,29,35)(H,30,36)(H,31,38). The van der Waals surface area contributed by atoms with Crippen molar-refractivity contribution in [2.45, 2.75) is 71.7 Å². The van der Waals surface area contributed by atoms with Gasteiger partial charge in [0, 0.05) is 19.4 Å². The topological polar surface area (TPSA) is 168 Å². The zero-order valence-electron chi connectivity index (χ0n) is 23.1. The van der Waals surface area contributed by atoms with Crippen LogP contribution in [0.2, 0.25) is 0 Å². The molecule has 3 atom stereocenters. The van der Waals surface area contributed by atoms with Crippen molar-refractivity contribution in [1.29, 1.82) is 0 Å². The van der Waals surface area contributed by atoms with Crippen LogP contribution in [0, 0.1) is 11.8 Å². The van der Waals surface area contributed by atoms with Crippen LogP contribution in [-0.2, 0) is 43.4 Å². The summed E-state index contributed by atoms with van der Waals surface area (Å²) >= 11 is 1.31. The molecule has 4 amide bonds. The monoisotopic (exact) mass is 572 g/mol. The Bertz CT molecular complexity index is 1200. The lowest BCUT2D eigenvalue weighted by Gasteiger charge is -2.27. The Hall–Kier alpha value is -3.87. The molecule has 13 heteroatoms. The number of carbonyl (C=O) groups is 5. The molecule has 0 saturated carbocycles. The van der Waals surface area contributed by atoms with E-state index in [1.165, 1.54) is 11.3 Å². The number of aromatic nitrogens is 2. The van der Waals surface area contributed by atoms with Gasteiger partial charge in [-0.3, -0.25) is 19.2 Å². The van der Waals surface area contributed by atoms with Crippen molar-refractivity contribution in [1.82, 2.24) is 31.5 Å². The summed E-state index contributed by atoms with van der Waals surface area (Å²) in [5.41, 5.74) is 0.797. The zero-order valence-corrected chi connectivity index (χ0v) is 23.9. The molecule has 1 aromatic heterocycles. The molecule has 3 unspecified atom stereocenters. The van der Waals surface area contributed by atoms with E-state index in [2.05, 4.69) is 31.5 Å². The quantitative estimate of drug-likeness (QED) is 0.309. The number of Topliss-reactive ketones (excluding diaryl/α,β-unsaturated/α-hetero) is 1. The molecule has 12 nitrogen and oxygen atoms in total. The highest BCUT2D eigenvalue weighted by Gasteiger charge is 2.34. The van der Waals surface area contributed by atoms with E-state index in [0.717, 1.165) is 5.56 Å². The van der Waals surface area contributed by atoms with Crippen LogP contribution in [0.3, 0.4) is 0 Å². The number of carbonyl (C=O) groups excluding carboxylic acids is 5. The van der Waals surface area contributed by atoms with Gasteiger partial charge in [0.15, 0.2) is 0 Å². The lowest BCUT2D eigenvalue weighted by Crippen LogP contribution is -2.58. The molecule has 216 valence electrons. The molecule has 3 rings (SSSR count). The molecule has 40 heavy (non-hydrogen) atoms. The molecule has 1 aliphatic rings. The number of alkyl carbamates (subject to hydrolysis) is 1. The van der Waals surface area contributed by atoms with Gasteiger partial charge >= 0.3 is 6.09 Å². The maximum Gasteiger partial charge on any atom is 0.408 e. The van der Waals surface area contributed by atoms with E-state index in [1.54, 1.807) is 13.8 Å². The first kappa shape index (κ1) is 30.7. The number of nitrogens with one attached hydrogen (secondary N) is 4. The van der Waals surface area contributed by atoms with Gasteiger partial charge < -0.3 is 26.0 Å². The van der Waals surface area contributed by atoms with Crippen LogP contribution < -0.4 is 21.3 Å². The van der Waals surface area contributed by atoms with Gasteiger partial charge in [-0.25, -0.2) is 4.79 Å². The van der Waals surface area contributed by atoms with Crippen LogP contribution in [0.1, 0.15) is 49.7 Å². The second-order valence-electron chi connectivity index (χ2n) is 10.3. The first-order valence-corrected chi connectivity index (χ1v) is 14.1. The molecule has 0 aliphatic carbocycles. The maximum absolute atomic E-state index is 13.4. The molecule has 0 spiro atoms. The van der Waals surface area contributed by atoms with Gasteiger partial charge in [0.25, 0.3) is 5.91 Å². The summed E-state index contributed by atoms with van der Waals surface area (Å²) in [6, 6.07) is 5.95. The average Bonchev–Trinajstić information content (AvgIpc) is 3.35. The third-order valence-electron chi connectivity index (χ3n) is 6.14. The Morgan fingerprint density at radius 3 is 2.40 bits per heavy atom. The van der Waals surface area contributed by atoms with Gasteiger partial charge in [0.05, 0.1) is 0 Å². The Morgan fingerprint density at radius 2 is 1.73 bits per heavy atom. The van der Waals surface area contributed by atoms with Gasteiger partial charge in [0.2, 0.25) is 17.6 Å². The summed E-state index contributed by atoms with van der Waals surface area (Å²) in [4.78, 5) is 64.3. The lowest BCUT2D eigenvalue weighted by atomic mass is 9.99. The third-order valence-corrected chi connectivity index (χ3v) is 7.15. The van der Waals surface area contributed by atoms with E-state index in [0.29, 0.717) is 16.4 Å². The van der Waals surface area contributed by atoms with E-state index in [4.69, 9.17) is 4.74 Å². The number of hydrogen-bond acceptors (Lipinski definition) is 9. The van der Waals surface area contributed by atoms with Crippen LogP contribution in [0.15, 0.2) is 30.3 Å². The van der Waals surface area contributed by atoms with E-state index in [-0.39, 0.29) is 37.8 Å². The molecule has 2 aromatic rings. The molecule has 0 radical (unpaired) electrons. The Morgan fingerprint density at radius 1 is 1.02 bits per heavy atom. The molecule has 1 aliphatic heterocycles. The summed E-state index contributed by atoms with van der Waals surface area (Å²) in [6.45, 7) is 7.55. The second-order valence-corrected chi connectivity index (χ2v) is 11.5. The van der Waals surface area contributed by atoms with Gasteiger partial charge in [-0.15, -0.1) is 21.5 Å². The van der Waals surface area contributed by atoms with E-state index in [9.17, 15) is 24.0 Å². The van der Waals surface area contributed by atoms with Crippen molar-refractivity contribution in [2.24, 2.45) is 11.8 Å². The van der Waals surface area contributed by atoms with Crippen LogP contribution in [-0.4, -0.2) is 64.5 Å². The Labute approximate surface area is 237 Å². The number of ketones is 1. The van der Waals surface area contributed by atoms with Crippen molar-refractivity contribution >= 4 is 40.9 Å². The summed E-state index contributed by atoms with van der Waals surface area (Å²) in [6.07, 6.45) is -0.0449. The van der Waals surface area contributed by atoms with Crippen molar-refractivity contribution in [2.75, 3.05) is 6.54 Å². The number of fused-ring (bicyclic) bond motifs is 2. The fourth-order valence-electron chi connectivity index (χ4n) is 4.05. The van der Waals surface area contributed by atoms with E-state index >= 15 is 0 Å². The fourth-order valence-corrected chi connectivity index (χ4v) is 4.94. The fraction of sp³-hybridized carbons (Fsp3) is 0.519. The minimum absolute atomic E-state index is 0.00142. The summed E-state index contributed by atoms with van der Waals surface area (Å²) in [5.74, 6) is -3.11. The molecule has 1 aromatic carbocycles. The molecule has 2 bridgehead atoms. The van der Waals surface area contributed by atoms with Crippen LogP contribution in [0.25, 0.3) is 0 Å². The van der Waals surface area contributed by atoms with Crippen molar-refractivity contribution in [3.8, 4) is 0 Å². The number of benzene rings is 1. The third kappa shape index (κ3) is 9.11. The molecular weight excluding hydrogens is 536 g/mol. The number of ether oxygens (including phenoxy) is 1. The molecule has 4 N–H and O–H groups in total. The summed E-state index contributed by atoms with van der Waals surface area (Å²) < 4.78 is 5.26. The van der Waals surface area contributed by atoms with Crippen LogP contribution >= 0.6 is 11.3 Å². The largest absolute Gasteiger partial charge is 0.445 e. The lowest BCUT2D eigenvalue weighted by molar-refractivity contribution is -0.140. The minimum Gasteiger partial charge on any atom is -0.445 e. The highest BCUT2D eigenvalue weighted by Crippen LogP contribution is 2.15. The van der Waals surface area contributed by atoms with Crippen molar-refractivity contribution in [3.63, 3.8) is 0 Å². The smallest absolute Gasteiger partial charge is 0.408 e. The number of rotatable bonds is 10. The zero-order chi connectivity index (χ0) is 29.2. The second kappa shape index (κ2) is 14.5. The van der Waals surface area contributed by atoms with Crippen LogP contribution in [0.4, 0.5) is 4.79 Å². The first-order chi connectivity index (χ1) is 19.0. The molecule has 2 heterocycles. The van der Waals surface area contributed by atoms with E-state index < -0.39 is 47.7 Å². The number of hydrogen-bond donors (Lipinski definition) is 4. The highest BCUT2D eigenvalue weighted by atomic mass is 32.1. The first-order valence-electron chi connectivity index (χ1n) is 13.2. The molecule has 0 fully saturated rings. The molecular formula is C27H36N6O6S. The summed E-state index contributed by atoms with van der Waals surface area (Å²) in [7, 11) is 0. The van der Waals surface area contributed by atoms with Crippen molar-refractivity contribution in [3.05, 3.63) is 45.9 Å². The van der Waals surface area contributed by atoms with E-state index in [1.807, 2.05) is 44.2 Å².